The fraction of sp³-hybridized carbons (Fsp3) is 0.250. The first-order valence-corrected chi connectivity index (χ1v) is 5.11. The molecular formula is C8H7BrCl2. The molecule has 0 aliphatic carbocycles. The molecule has 0 saturated heterocycles. The Morgan fingerprint density at radius 3 is 2.09 bits per heavy atom. The molecular weight excluding hydrogens is 247 g/mol. The Hall–Kier alpha value is 0.280. The van der Waals surface area contributed by atoms with Crippen LogP contribution < -0.4 is 0 Å². The van der Waals surface area contributed by atoms with Gasteiger partial charge in [0.2, 0.25) is 0 Å². The summed E-state index contributed by atoms with van der Waals surface area (Å²) in [5, 5.41) is 2.34. The van der Waals surface area contributed by atoms with Crippen molar-refractivity contribution in [3.8, 4) is 0 Å². The molecule has 0 fully saturated rings. The average molecular weight is 254 g/mol. The molecule has 0 heterocycles. The van der Waals surface area contributed by atoms with Crippen LogP contribution in [0.1, 0.15) is 5.56 Å². The standard InChI is InChI=1S/C8H7BrCl2/c9-2-1-6-3-7(10)5-8(11)4-6/h3-5H,1-2H2. The molecule has 3 heteroatoms. The summed E-state index contributed by atoms with van der Waals surface area (Å²) in [6.45, 7) is 0. The molecule has 0 radical (unpaired) electrons. The van der Waals surface area contributed by atoms with Crippen molar-refractivity contribution >= 4 is 39.1 Å². The van der Waals surface area contributed by atoms with Gasteiger partial charge >= 0.3 is 0 Å². The molecule has 0 saturated carbocycles. The molecule has 0 aliphatic rings. The molecule has 0 aromatic heterocycles. The molecule has 1 rings (SSSR count). The van der Waals surface area contributed by atoms with E-state index in [9.17, 15) is 0 Å². The second-order valence-electron chi connectivity index (χ2n) is 2.22. The lowest BCUT2D eigenvalue weighted by Crippen LogP contribution is -1.84. The quantitative estimate of drug-likeness (QED) is 0.701. The highest BCUT2D eigenvalue weighted by Gasteiger charge is 1.96. The van der Waals surface area contributed by atoms with Gasteiger partial charge in [0.25, 0.3) is 0 Å². The molecule has 0 unspecified atom stereocenters. The lowest BCUT2D eigenvalue weighted by molar-refractivity contribution is 1.17. The second kappa shape index (κ2) is 4.34. The number of aryl methyl sites for hydroxylation is 1. The fourth-order valence-electron chi connectivity index (χ4n) is 0.864. The van der Waals surface area contributed by atoms with Gasteiger partial charge in [-0.3, -0.25) is 0 Å². The normalized spacial score (nSPS) is 10.1. The monoisotopic (exact) mass is 252 g/mol. The number of hydrogen-bond acceptors (Lipinski definition) is 0. The minimum atomic E-state index is 0.702. The van der Waals surface area contributed by atoms with Crippen molar-refractivity contribution in [1.29, 1.82) is 0 Å². The molecule has 0 spiro atoms. The predicted octanol–water partition coefficient (Wildman–Crippen LogP) is 3.93. The average Bonchev–Trinajstić information content (AvgIpc) is 1.85. The van der Waals surface area contributed by atoms with Crippen LogP contribution in [0.25, 0.3) is 0 Å². The third-order valence-corrected chi connectivity index (χ3v) is 2.14. The number of rotatable bonds is 2. The van der Waals surface area contributed by atoms with Gasteiger partial charge in [-0.1, -0.05) is 39.1 Å². The Kier molecular flexibility index (Phi) is 3.70. The van der Waals surface area contributed by atoms with Gasteiger partial charge < -0.3 is 0 Å². The van der Waals surface area contributed by atoms with E-state index in [-0.39, 0.29) is 0 Å². The predicted molar refractivity (Wildman–Crippen MR) is 54.0 cm³/mol. The van der Waals surface area contributed by atoms with Crippen LogP contribution >= 0.6 is 39.1 Å². The Morgan fingerprint density at radius 1 is 1.09 bits per heavy atom. The third kappa shape index (κ3) is 3.02. The van der Waals surface area contributed by atoms with Gasteiger partial charge in [-0.2, -0.15) is 0 Å². The van der Waals surface area contributed by atoms with Crippen LogP contribution in [0, 0.1) is 0 Å². The first-order valence-electron chi connectivity index (χ1n) is 3.23. The van der Waals surface area contributed by atoms with Gasteiger partial charge in [0, 0.05) is 15.4 Å². The van der Waals surface area contributed by atoms with Crippen molar-refractivity contribution in [3.63, 3.8) is 0 Å². The van der Waals surface area contributed by atoms with Gasteiger partial charge in [0.15, 0.2) is 0 Å². The summed E-state index contributed by atoms with van der Waals surface area (Å²) in [7, 11) is 0. The van der Waals surface area contributed by atoms with Crippen LogP contribution in [0.2, 0.25) is 10.0 Å². The van der Waals surface area contributed by atoms with Crippen LogP contribution in [0.15, 0.2) is 18.2 Å². The van der Waals surface area contributed by atoms with Gasteiger partial charge in [-0.05, 0) is 30.2 Å². The van der Waals surface area contributed by atoms with Crippen LogP contribution in [-0.2, 0) is 6.42 Å². The van der Waals surface area contributed by atoms with Gasteiger partial charge in [0.05, 0.1) is 0 Å². The Bertz CT molecular complexity index is 228. The van der Waals surface area contributed by atoms with Crippen molar-refractivity contribution in [2.75, 3.05) is 5.33 Å². The van der Waals surface area contributed by atoms with Crippen molar-refractivity contribution in [1.82, 2.24) is 0 Å². The Balaban J connectivity index is 2.89. The molecule has 1 aromatic carbocycles. The second-order valence-corrected chi connectivity index (χ2v) is 3.88. The zero-order valence-electron chi connectivity index (χ0n) is 5.78. The minimum absolute atomic E-state index is 0.702. The van der Waals surface area contributed by atoms with Crippen LogP contribution in [0.5, 0.6) is 0 Å². The van der Waals surface area contributed by atoms with Gasteiger partial charge in [-0.25, -0.2) is 0 Å². The van der Waals surface area contributed by atoms with Crippen LogP contribution in [0.3, 0.4) is 0 Å². The fourth-order valence-corrected chi connectivity index (χ4v) is 1.89. The maximum Gasteiger partial charge on any atom is 0.0423 e. The SMILES string of the molecule is Clc1cc(Cl)cc(CCBr)c1. The lowest BCUT2D eigenvalue weighted by atomic mass is 10.2. The van der Waals surface area contributed by atoms with Crippen molar-refractivity contribution in [3.05, 3.63) is 33.8 Å². The highest BCUT2D eigenvalue weighted by Crippen LogP contribution is 2.19. The summed E-state index contributed by atoms with van der Waals surface area (Å²) in [5.41, 5.74) is 1.17. The smallest absolute Gasteiger partial charge is 0.0423 e. The first kappa shape index (κ1) is 9.37. The number of halogens is 3. The van der Waals surface area contributed by atoms with E-state index in [1.54, 1.807) is 6.07 Å². The number of alkyl halides is 1. The van der Waals surface area contributed by atoms with Gasteiger partial charge in [-0.15, -0.1) is 0 Å². The highest BCUT2D eigenvalue weighted by molar-refractivity contribution is 9.09. The lowest BCUT2D eigenvalue weighted by Gasteiger charge is -1.99. The molecule has 0 bridgehead atoms. The third-order valence-electron chi connectivity index (χ3n) is 1.31. The summed E-state index contributed by atoms with van der Waals surface area (Å²) in [6, 6.07) is 5.59. The maximum absolute atomic E-state index is 5.79. The van der Waals surface area contributed by atoms with E-state index >= 15 is 0 Å². The first-order chi connectivity index (χ1) is 5.22. The summed E-state index contributed by atoms with van der Waals surface area (Å²) in [6.07, 6.45) is 0.959. The zero-order chi connectivity index (χ0) is 8.27. The largest absolute Gasteiger partial charge is 0.0924 e. The number of hydrogen-bond donors (Lipinski definition) is 0. The molecule has 0 N–H and O–H groups in total. The van der Waals surface area contributed by atoms with E-state index in [1.807, 2.05) is 12.1 Å². The summed E-state index contributed by atoms with van der Waals surface area (Å²) < 4.78 is 0. The summed E-state index contributed by atoms with van der Waals surface area (Å²) in [4.78, 5) is 0. The summed E-state index contributed by atoms with van der Waals surface area (Å²) >= 11 is 14.9. The van der Waals surface area contributed by atoms with E-state index in [0.717, 1.165) is 11.8 Å². The molecule has 0 atom stereocenters. The van der Waals surface area contributed by atoms with Crippen molar-refractivity contribution in [2.45, 2.75) is 6.42 Å². The topological polar surface area (TPSA) is 0 Å². The molecule has 60 valence electrons. The Morgan fingerprint density at radius 2 is 1.64 bits per heavy atom. The maximum atomic E-state index is 5.79. The Labute approximate surface area is 84.6 Å². The molecule has 0 aliphatic heterocycles. The highest BCUT2D eigenvalue weighted by atomic mass is 79.9. The van der Waals surface area contributed by atoms with Crippen molar-refractivity contribution in [2.24, 2.45) is 0 Å². The zero-order valence-corrected chi connectivity index (χ0v) is 8.88. The molecule has 0 nitrogen and oxygen atoms in total. The molecule has 0 amide bonds. The summed E-state index contributed by atoms with van der Waals surface area (Å²) in [5.74, 6) is 0. The minimum Gasteiger partial charge on any atom is -0.0924 e. The van der Waals surface area contributed by atoms with Gasteiger partial charge in [0.1, 0.15) is 0 Å². The van der Waals surface area contributed by atoms with E-state index in [4.69, 9.17) is 23.2 Å². The molecule has 11 heavy (non-hydrogen) atoms. The van der Waals surface area contributed by atoms with E-state index in [0.29, 0.717) is 10.0 Å². The van der Waals surface area contributed by atoms with Crippen molar-refractivity contribution < 1.29 is 0 Å². The number of benzene rings is 1. The van der Waals surface area contributed by atoms with Crippen LogP contribution in [0.4, 0.5) is 0 Å². The van der Waals surface area contributed by atoms with E-state index in [2.05, 4.69) is 15.9 Å². The van der Waals surface area contributed by atoms with Crippen LogP contribution in [-0.4, -0.2) is 5.33 Å². The van der Waals surface area contributed by atoms with E-state index in [1.165, 1.54) is 5.56 Å². The molecule has 1 aromatic rings. The van der Waals surface area contributed by atoms with E-state index < -0.39 is 0 Å².